The number of nitrogens with zero attached hydrogens (tertiary/aromatic N) is 4. The number of piperazine rings is 1. The topological polar surface area (TPSA) is 101 Å². The van der Waals surface area contributed by atoms with Gasteiger partial charge in [0.05, 0.1) is 17.0 Å². The molecule has 1 aliphatic rings. The van der Waals surface area contributed by atoms with Crippen molar-refractivity contribution in [2.75, 3.05) is 51.8 Å². The molecule has 0 radical (unpaired) electrons. The molecule has 4 rings (SSSR count). The first-order chi connectivity index (χ1) is 16.1. The van der Waals surface area contributed by atoms with E-state index in [1.807, 2.05) is 12.1 Å². The molecule has 1 aromatic heterocycles. The summed E-state index contributed by atoms with van der Waals surface area (Å²) in [6.07, 6.45) is 1.81. The summed E-state index contributed by atoms with van der Waals surface area (Å²) < 4.78 is 4.97. The maximum Gasteiger partial charge on any atom is 0.293 e. The summed E-state index contributed by atoms with van der Waals surface area (Å²) in [4.78, 5) is 32.7. The number of carbonyl (C=O) groups is 1. The molecule has 9 nitrogen and oxygen atoms in total. The first-order valence-corrected chi connectivity index (χ1v) is 10.9. The first kappa shape index (κ1) is 22.6. The molecule has 3 aromatic rings. The second kappa shape index (κ2) is 10.4. The van der Waals surface area contributed by atoms with Gasteiger partial charge >= 0.3 is 0 Å². The number of hydrogen-bond acceptors (Lipinski definition) is 7. The Balaban J connectivity index is 1.40. The second-order valence-corrected chi connectivity index (χ2v) is 7.97. The smallest absolute Gasteiger partial charge is 0.293 e. The number of amides is 1. The molecule has 1 fully saturated rings. The third-order valence-electron chi connectivity index (χ3n) is 5.83. The molecule has 0 atom stereocenters. The predicted molar refractivity (Wildman–Crippen MR) is 126 cm³/mol. The van der Waals surface area contributed by atoms with Crippen molar-refractivity contribution in [1.82, 2.24) is 14.8 Å². The third-order valence-corrected chi connectivity index (χ3v) is 5.83. The molecule has 1 amide bonds. The van der Waals surface area contributed by atoms with Crippen molar-refractivity contribution in [3.05, 3.63) is 76.0 Å². The molecule has 1 N–H and O–H groups in total. The van der Waals surface area contributed by atoms with Gasteiger partial charge in [-0.25, -0.2) is 0 Å². The Morgan fingerprint density at radius 2 is 1.94 bits per heavy atom. The van der Waals surface area contributed by atoms with Gasteiger partial charge in [0.15, 0.2) is 0 Å². The molecule has 0 saturated carbocycles. The molecule has 2 aromatic carbocycles. The van der Waals surface area contributed by atoms with Crippen LogP contribution in [0.15, 0.2) is 54.7 Å². The summed E-state index contributed by atoms with van der Waals surface area (Å²) in [6.45, 7) is 4.23. The number of ether oxygens (including phenoxy) is 1. The van der Waals surface area contributed by atoms with E-state index >= 15 is 0 Å². The van der Waals surface area contributed by atoms with Gasteiger partial charge in [0.25, 0.3) is 11.6 Å². The van der Waals surface area contributed by atoms with Crippen molar-refractivity contribution < 1.29 is 14.5 Å². The van der Waals surface area contributed by atoms with E-state index in [-0.39, 0.29) is 11.6 Å². The fraction of sp³-hybridized carbons (Fsp3) is 0.333. The normalized spacial score (nSPS) is 14.4. The Kier molecular flexibility index (Phi) is 7.11. The van der Waals surface area contributed by atoms with Crippen LogP contribution in [0.5, 0.6) is 0 Å². The number of aromatic nitrogens is 1. The van der Waals surface area contributed by atoms with Gasteiger partial charge in [0.1, 0.15) is 5.69 Å². The number of para-hydroxylation sites is 1. The van der Waals surface area contributed by atoms with Crippen LogP contribution in [0.1, 0.15) is 15.9 Å². The number of nitro benzene ring substituents is 1. The van der Waals surface area contributed by atoms with Crippen LogP contribution in [0.2, 0.25) is 0 Å². The lowest BCUT2D eigenvalue weighted by Gasteiger charge is -2.35. The van der Waals surface area contributed by atoms with Gasteiger partial charge in [-0.05, 0) is 23.8 Å². The Hall–Kier alpha value is -3.56. The van der Waals surface area contributed by atoms with E-state index in [4.69, 9.17) is 4.74 Å². The number of benzene rings is 2. The van der Waals surface area contributed by atoms with Gasteiger partial charge < -0.3 is 15.0 Å². The van der Waals surface area contributed by atoms with E-state index in [1.54, 1.807) is 30.3 Å². The Morgan fingerprint density at radius 1 is 1.15 bits per heavy atom. The minimum absolute atomic E-state index is 0.112. The summed E-state index contributed by atoms with van der Waals surface area (Å²) in [5.41, 5.74) is 2.76. The quantitative estimate of drug-likeness (QED) is 0.320. The van der Waals surface area contributed by atoms with Gasteiger partial charge in [-0.1, -0.05) is 24.3 Å². The van der Waals surface area contributed by atoms with E-state index < -0.39 is 4.92 Å². The van der Waals surface area contributed by atoms with Crippen molar-refractivity contribution in [3.63, 3.8) is 0 Å². The Labute approximate surface area is 192 Å². The fourth-order valence-corrected chi connectivity index (χ4v) is 4.08. The molecular formula is C24H27N5O4. The molecule has 0 unspecified atom stereocenters. The van der Waals surface area contributed by atoms with E-state index in [0.29, 0.717) is 37.5 Å². The number of anilines is 1. The minimum Gasteiger partial charge on any atom is -0.383 e. The summed E-state index contributed by atoms with van der Waals surface area (Å²) in [7, 11) is 1.57. The molecule has 1 aliphatic heterocycles. The van der Waals surface area contributed by atoms with E-state index in [0.717, 1.165) is 30.5 Å². The van der Waals surface area contributed by atoms with Crippen molar-refractivity contribution >= 4 is 28.2 Å². The first-order valence-electron chi connectivity index (χ1n) is 10.9. The Morgan fingerprint density at radius 3 is 2.70 bits per heavy atom. The lowest BCUT2D eigenvalue weighted by Crippen LogP contribution is -2.48. The van der Waals surface area contributed by atoms with Gasteiger partial charge in [0, 0.05) is 69.6 Å². The molecule has 172 valence electrons. The van der Waals surface area contributed by atoms with Crippen molar-refractivity contribution in [3.8, 4) is 0 Å². The maximum absolute atomic E-state index is 13.0. The van der Waals surface area contributed by atoms with Gasteiger partial charge in [-0.2, -0.15) is 0 Å². The van der Waals surface area contributed by atoms with Crippen molar-refractivity contribution in [1.29, 1.82) is 0 Å². The average molecular weight is 450 g/mol. The highest BCUT2D eigenvalue weighted by Crippen LogP contribution is 2.26. The van der Waals surface area contributed by atoms with Gasteiger partial charge in [-0.3, -0.25) is 24.8 Å². The van der Waals surface area contributed by atoms with E-state index in [9.17, 15) is 14.9 Å². The second-order valence-electron chi connectivity index (χ2n) is 7.97. The number of methoxy groups -OCH3 is 1. The number of nitro groups is 1. The molecular weight excluding hydrogens is 422 g/mol. The number of hydrogen-bond donors (Lipinski definition) is 1. The average Bonchev–Trinajstić information content (AvgIpc) is 2.84. The third kappa shape index (κ3) is 5.27. The molecule has 33 heavy (non-hydrogen) atoms. The summed E-state index contributed by atoms with van der Waals surface area (Å²) in [5, 5.41) is 15.6. The SMILES string of the molecule is COCCNc1ccc(C(=O)N2CCN(Cc3cccc4cccnc34)CC2)cc1[N+](=O)[O-]. The van der Waals surface area contributed by atoms with Crippen LogP contribution in [0.3, 0.4) is 0 Å². The Bertz CT molecular complexity index is 1140. The summed E-state index contributed by atoms with van der Waals surface area (Å²) in [5.74, 6) is -0.187. The van der Waals surface area contributed by atoms with Crippen molar-refractivity contribution in [2.24, 2.45) is 0 Å². The maximum atomic E-state index is 13.0. The molecule has 1 saturated heterocycles. The van der Waals surface area contributed by atoms with Crippen LogP contribution in [0.25, 0.3) is 10.9 Å². The highest BCUT2D eigenvalue weighted by atomic mass is 16.6. The zero-order valence-electron chi connectivity index (χ0n) is 18.6. The molecule has 0 bridgehead atoms. The monoisotopic (exact) mass is 449 g/mol. The number of fused-ring (bicyclic) bond motifs is 1. The molecule has 9 heteroatoms. The minimum atomic E-state index is -0.470. The number of nitrogens with one attached hydrogen (secondary N) is 1. The summed E-state index contributed by atoms with van der Waals surface area (Å²) >= 11 is 0. The van der Waals surface area contributed by atoms with Gasteiger partial charge in [0.2, 0.25) is 0 Å². The number of rotatable bonds is 8. The lowest BCUT2D eigenvalue weighted by molar-refractivity contribution is -0.384. The number of pyridine rings is 1. The fourth-order valence-electron chi connectivity index (χ4n) is 4.08. The van der Waals surface area contributed by atoms with Crippen LogP contribution in [-0.2, 0) is 11.3 Å². The van der Waals surface area contributed by atoms with E-state index in [1.165, 1.54) is 11.6 Å². The predicted octanol–water partition coefficient (Wildman–Crippen LogP) is 3.16. The largest absolute Gasteiger partial charge is 0.383 e. The van der Waals surface area contributed by atoms with Crippen LogP contribution in [0.4, 0.5) is 11.4 Å². The lowest BCUT2D eigenvalue weighted by atomic mass is 10.1. The highest BCUT2D eigenvalue weighted by molar-refractivity contribution is 5.95. The molecule has 0 aliphatic carbocycles. The zero-order valence-corrected chi connectivity index (χ0v) is 18.6. The zero-order chi connectivity index (χ0) is 23.2. The van der Waals surface area contributed by atoms with Crippen LogP contribution < -0.4 is 5.32 Å². The van der Waals surface area contributed by atoms with Crippen LogP contribution in [-0.4, -0.2) is 72.1 Å². The van der Waals surface area contributed by atoms with Crippen LogP contribution in [0, 0.1) is 10.1 Å². The molecule has 2 heterocycles. The highest BCUT2D eigenvalue weighted by Gasteiger charge is 2.25. The van der Waals surface area contributed by atoms with Crippen molar-refractivity contribution in [2.45, 2.75) is 6.54 Å². The van der Waals surface area contributed by atoms with E-state index in [2.05, 4.69) is 33.4 Å². The molecule has 0 spiro atoms. The van der Waals surface area contributed by atoms with Gasteiger partial charge in [-0.15, -0.1) is 0 Å². The number of carbonyl (C=O) groups excluding carboxylic acids is 1. The van der Waals surface area contributed by atoms with Crippen LogP contribution >= 0.6 is 0 Å². The standard InChI is InChI=1S/C24H27N5O4/c1-33-15-10-25-21-8-7-19(16-22(21)29(31)32)24(30)28-13-11-27(12-14-28)17-20-5-2-4-18-6-3-9-26-23(18)20/h2-9,16,25H,10-15,17H2,1H3. The summed E-state index contributed by atoms with van der Waals surface area (Å²) in [6, 6.07) is 14.8.